The van der Waals surface area contributed by atoms with Crippen LogP contribution in [0.5, 0.6) is 0 Å². The van der Waals surface area contributed by atoms with Crippen LogP contribution in [0, 0.1) is 12.3 Å². The Labute approximate surface area is 178 Å². The van der Waals surface area contributed by atoms with Gasteiger partial charge >= 0.3 is 5.97 Å². The molecule has 0 saturated heterocycles. The molecule has 0 fully saturated rings. The number of benzene rings is 1. The fraction of sp³-hybridized carbons (Fsp3) is 0.375. The summed E-state index contributed by atoms with van der Waals surface area (Å²) in [5.41, 5.74) is 19.7. The molecule has 0 aromatic heterocycles. The summed E-state index contributed by atoms with van der Waals surface area (Å²) in [6.07, 6.45) is 12.3. The van der Waals surface area contributed by atoms with Crippen molar-refractivity contribution in [2.75, 3.05) is 12.3 Å². The molecule has 1 aliphatic rings. The molecule has 1 aromatic carbocycles. The number of unbranched alkanes of at least 4 members (excludes halogenated alkanes) is 1. The average Bonchev–Trinajstić information content (AvgIpc) is 2.74. The van der Waals surface area contributed by atoms with Crippen LogP contribution in [0.4, 0.5) is 5.69 Å². The Kier molecular flexibility index (Phi) is 8.59. The minimum atomic E-state index is -0.981. The molecule has 0 radical (unpaired) electrons. The van der Waals surface area contributed by atoms with E-state index < -0.39 is 5.97 Å². The minimum absolute atomic E-state index is 0.295. The van der Waals surface area contributed by atoms with Gasteiger partial charge < -0.3 is 22.0 Å². The fourth-order valence-corrected chi connectivity index (χ4v) is 3.91. The lowest BCUT2D eigenvalue weighted by Crippen LogP contribution is -2.10. The van der Waals surface area contributed by atoms with Crippen molar-refractivity contribution in [2.24, 2.45) is 10.7 Å². The van der Waals surface area contributed by atoms with Crippen molar-refractivity contribution in [3.05, 3.63) is 57.8 Å². The number of aliphatic carboxylic acids is 1. The highest BCUT2D eigenvalue weighted by Crippen LogP contribution is 2.41. The lowest BCUT2D eigenvalue weighted by Gasteiger charge is -2.26. The molecule has 6 N–H and O–H groups in total. The van der Waals surface area contributed by atoms with Crippen LogP contribution in [0.25, 0.3) is 5.57 Å². The van der Waals surface area contributed by atoms with Gasteiger partial charge in [0.2, 0.25) is 0 Å². The number of rotatable bonds is 9. The lowest BCUT2D eigenvalue weighted by molar-refractivity contribution is -0.135. The Hall–Kier alpha value is -3.15. The van der Waals surface area contributed by atoms with E-state index in [1.165, 1.54) is 23.6 Å². The standard InChI is InChI=1S/C24H32N4O2/c1-3-4-7-18(17(12-25)14-28-15-23(29)30)19-8-5-6-9-20(19)24-16(2)10-11-22(27)21(24)13-26/h7,10-14,26H,3-6,8-9,15,25,27H2,1-2H3,(H,29,30)/b17-12+,18-7+,26-13?,28-14?. The number of nitrogen functional groups attached to an aromatic ring is 1. The van der Waals surface area contributed by atoms with Gasteiger partial charge in [-0.1, -0.05) is 25.5 Å². The van der Waals surface area contributed by atoms with Crippen molar-refractivity contribution in [2.45, 2.75) is 52.4 Å². The molecule has 0 unspecified atom stereocenters. The average molecular weight is 409 g/mol. The van der Waals surface area contributed by atoms with E-state index in [1.807, 2.05) is 19.1 Å². The van der Waals surface area contributed by atoms with E-state index in [9.17, 15) is 4.79 Å². The van der Waals surface area contributed by atoms with Gasteiger partial charge in [0, 0.05) is 35.5 Å². The third-order valence-corrected chi connectivity index (χ3v) is 5.31. The summed E-state index contributed by atoms with van der Waals surface area (Å²) in [7, 11) is 0. The number of aliphatic imine (C=N–C) groups is 1. The summed E-state index contributed by atoms with van der Waals surface area (Å²) in [6.45, 7) is 3.87. The van der Waals surface area contributed by atoms with Crippen LogP contribution in [0.1, 0.15) is 62.1 Å². The smallest absolute Gasteiger partial charge is 0.325 e. The van der Waals surface area contributed by atoms with E-state index in [1.54, 1.807) is 6.21 Å². The van der Waals surface area contributed by atoms with Gasteiger partial charge in [-0.25, -0.2) is 0 Å². The molecular weight excluding hydrogens is 376 g/mol. The van der Waals surface area contributed by atoms with Crippen molar-refractivity contribution in [3.63, 3.8) is 0 Å². The number of carboxylic acid groups (broad SMARTS) is 1. The van der Waals surface area contributed by atoms with Gasteiger partial charge in [-0.15, -0.1) is 0 Å². The Morgan fingerprint density at radius 1 is 1.30 bits per heavy atom. The number of carbonyl (C=O) groups is 1. The van der Waals surface area contributed by atoms with E-state index in [4.69, 9.17) is 22.0 Å². The highest BCUT2D eigenvalue weighted by molar-refractivity contribution is 5.97. The second kappa shape index (κ2) is 11.1. The van der Waals surface area contributed by atoms with E-state index in [0.717, 1.165) is 66.4 Å². The van der Waals surface area contributed by atoms with Crippen molar-refractivity contribution < 1.29 is 9.90 Å². The predicted octanol–water partition coefficient (Wildman–Crippen LogP) is 4.63. The highest BCUT2D eigenvalue weighted by atomic mass is 16.4. The van der Waals surface area contributed by atoms with Crippen molar-refractivity contribution in [1.29, 1.82) is 5.41 Å². The topological polar surface area (TPSA) is 126 Å². The summed E-state index contributed by atoms with van der Waals surface area (Å²) in [5, 5.41) is 16.8. The van der Waals surface area contributed by atoms with Crippen LogP contribution < -0.4 is 11.5 Å². The number of nitrogens with one attached hydrogen (secondary N) is 1. The maximum Gasteiger partial charge on any atom is 0.325 e. The first-order chi connectivity index (χ1) is 14.4. The number of hydrogen-bond acceptors (Lipinski definition) is 5. The first kappa shape index (κ1) is 23.1. The Morgan fingerprint density at radius 2 is 2.03 bits per heavy atom. The molecule has 6 nitrogen and oxygen atoms in total. The number of nitrogens with two attached hydrogens (primary N) is 2. The maximum absolute atomic E-state index is 10.9. The summed E-state index contributed by atoms with van der Waals surface area (Å²) < 4.78 is 0. The van der Waals surface area contributed by atoms with Gasteiger partial charge in [-0.3, -0.25) is 9.79 Å². The molecule has 0 atom stereocenters. The van der Waals surface area contributed by atoms with E-state index in [2.05, 4.69) is 18.0 Å². The van der Waals surface area contributed by atoms with Crippen LogP contribution in [0.3, 0.4) is 0 Å². The largest absolute Gasteiger partial charge is 0.480 e. The van der Waals surface area contributed by atoms with E-state index >= 15 is 0 Å². The molecule has 0 amide bonds. The number of aryl methyl sites for hydroxylation is 1. The summed E-state index contributed by atoms with van der Waals surface area (Å²) in [4.78, 5) is 14.9. The zero-order chi connectivity index (χ0) is 22.1. The molecule has 6 heteroatoms. The molecule has 0 saturated carbocycles. The van der Waals surface area contributed by atoms with Gasteiger partial charge in [0.25, 0.3) is 0 Å². The van der Waals surface area contributed by atoms with Crippen LogP contribution in [-0.2, 0) is 4.79 Å². The molecule has 2 rings (SSSR count). The molecule has 30 heavy (non-hydrogen) atoms. The van der Waals surface area contributed by atoms with Crippen molar-refractivity contribution in [1.82, 2.24) is 0 Å². The fourth-order valence-electron chi connectivity index (χ4n) is 3.91. The zero-order valence-corrected chi connectivity index (χ0v) is 17.9. The second-order valence-corrected chi connectivity index (χ2v) is 7.46. The van der Waals surface area contributed by atoms with Crippen LogP contribution in [0.2, 0.25) is 0 Å². The van der Waals surface area contributed by atoms with Gasteiger partial charge in [-0.05, 0) is 72.9 Å². The number of nitrogens with zero attached hydrogens (tertiary/aromatic N) is 1. The number of carboxylic acids is 1. The molecule has 0 aliphatic heterocycles. The maximum atomic E-state index is 10.9. The first-order valence-corrected chi connectivity index (χ1v) is 10.4. The van der Waals surface area contributed by atoms with E-state index in [0.29, 0.717) is 5.69 Å². The van der Waals surface area contributed by atoms with Crippen LogP contribution in [0.15, 0.2) is 46.1 Å². The molecule has 160 valence electrons. The number of anilines is 1. The molecule has 1 aromatic rings. The molecule has 0 heterocycles. The molecule has 0 bridgehead atoms. The van der Waals surface area contributed by atoms with Crippen molar-refractivity contribution >= 4 is 29.7 Å². The summed E-state index contributed by atoms with van der Waals surface area (Å²) in [5.74, 6) is -0.981. The van der Waals surface area contributed by atoms with Gasteiger partial charge in [0.15, 0.2) is 0 Å². The normalized spacial score (nSPS) is 15.7. The minimum Gasteiger partial charge on any atom is -0.480 e. The second-order valence-electron chi connectivity index (χ2n) is 7.46. The first-order valence-electron chi connectivity index (χ1n) is 10.4. The van der Waals surface area contributed by atoms with Gasteiger partial charge in [0.1, 0.15) is 6.54 Å². The third-order valence-electron chi connectivity index (χ3n) is 5.31. The van der Waals surface area contributed by atoms with E-state index in [-0.39, 0.29) is 6.54 Å². The molecule has 1 aliphatic carbocycles. The Balaban J connectivity index is 2.70. The Bertz CT molecular complexity index is 923. The predicted molar refractivity (Wildman–Crippen MR) is 125 cm³/mol. The van der Waals surface area contributed by atoms with Gasteiger partial charge in [0.05, 0.1) is 0 Å². The monoisotopic (exact) mass is 408 g/mol. The Morgan fingerprint density at radius 3 is 2.67 bits per heavy atom. The van der Waals surface area contributed by atoms with Crippen LogP contribution >= 0.6 is 0 Å². The molecular formula is C24H32N4O2. The van der Waals surface area contributed by atoms with Crippen molar-refractivity contribution in [3.8, 4) is 0 Å². The summed E-state index contributed by atoms with van der Waals surface area (Å²) >= 11 is 0. The summed E-state index contributed by atoms with van der Waals surface area (Å²) in [6, 6.07) is 3.85. The third kappa shape index (κ3) is 5.47. The SMILES string of the molecule is CCC/C=C(C1=C(c2c(C)ccc(N)c2C=N)CCCC1)\C(C=NCC(=O)O)=C\N. The molecule has 0 spiro atoms. The highest BCUT2D eigenvalue weighted by Gasteiger charge is 2.22. The number of hydrogen-bond donors (Lipinski definition) is 4. The lowest BCUT2D eigenvalue weighted by atomic mass is 9.79. The van der Waals surface area contributed by atoms with Crippen LogP contribution in [-0.4, -0.2) is 30.0 Å². The number of allylic oxidation sites excluding steroid dienone is 5. The van der Waals surface area contributed by atoms with Gasteiger partial charge in [-0.2, -0.15) is 0 Å². The quantitative estimate of drug-likeness (QED) is 0.270. The zero-order valence-electron chi connectivity index (χ0n) is 17.9.